The van der Waals surface area contributed by atoms with Crippen LogP contribution in [0, 0.1) is 5.92 Å². The van der Waals surface area contributed by atoms with Gasteiger partial charge >= 0.3 is 5.97 Å². The lowest BCUT2D eigenvalue weighted by atomic mass is 9.77. The maximum absolute atomic E-state index is 13.8. The minimum absolute atomic E-state index is 0.0206. The number of rotatable bonds is 4. The second-order valence-electron chi connectivity index (χ2n) is 8.70. The Hall–Kier alpha value is -3.03. The third-order valence-electron chi connectivity index (χ3n) is 6.52. The summed E-state index contributed by atoms with van der Waals surface area (Å²) < 4.78 is 1.97. The van der Waals surface area contributed by atoms with Crippen LogP contribution in [0.5, 0.6) is 0 Å². The monoisotopic (exact) mass is 592 g/mol. The Morgan fingerprint density at radius 2 is 1.54 bits per heavy atom. The number of fused-ring (bicyclic) bond motifs is 1. The van der Waals surface area contributed by atoms with Gasteiger partial charge in [0.05, 0.1) is 22.9 Å². The van der Waals surface area contributed by atoms with Gasteiger partial charge in [-0.3, -0.25) is 4.79 Å². The highest BCUT2D eigenvalue weighted by atomic mass is 79.9. The first-order valence-electron chi connectivity index (χ1n) is 11.4. The number of carbonyl (C=O) groups excluding carboxylic acids is 1. The highest BCUT2D eigenvalue weighted by Gasteiger charge is 2.44. The molecule has 7 heteroatoms. The van der Waals surface area contributed by atoms with Crippen LogP contribution in [-0.2, 0) is 0 Å². The number of carboxylic acids is 1. The Labute approximate surface area is 220 Å². The van der Waals surface area contributed by atoms with Crippen LogP contribution in [0.2, 0.25) is 0 Å². The smallest absolute Gasteiger partial charge is 0.336 e. The molecule has 5 rings (SSSR count). The van der Waals surface area contributed by atoms with E-state index in [0.717, 1.165) is 50.6 Å². The average Bonchev–Trinajstić information content (AvgIpc) is 3.26. The number of hydrogen-bond acceptors (Lipinski definition) is 3. The topological polar surface area (TPSA) is 70.0 Å². The summed E-state index contributed by atoms with van der Waals surface area (Å²) in [5.41, 5.74) is 4.20. The average molecular weight is 594 g/mol. The fraction of sp³-hybridized carbons (Fsp3) is 0.179. The van der Waals surface area contributed by atoms with E-state index in [0.29, 0.717) is 0 Å². The molecule has 1 aliphatic heterocycles. The Morgan fingerprint density at radius 3 is 2.20 bits per heavy atom. The van der Waals surface area contributed by atoms with E-state index in [1.165, 1.54) is 11.1 Å². The number of allylic oxidation sites excluding steroid dienone is 1. The number of benzene rings is 3. The normalized spacial score (nSPS) is 20.5. The first kappa shape index (κ1) is 23.7. The van der Waals surface area contributed by atoms with E-state index in [1.54, 1.807) is 18.2 Å². The first-order chi connectivity index (χ1) is 16.9. The lowest BCUT2D eigenvalue weighted by Crippen LogP contribution is -2.32. The fourth-order valence-electron chi connectivity index (χ4n) is 4.90. The highest BCUT2D eigenvalue weighted by molar-refractivity contribution is 9.10. The molecule has 1 aliphatic carbocycles. The van der Waals surface area contributed by atoms with Crippen LogP contribution in [-0.4, -0.2) is 27.7 Å². The van der Waals surface area contributed by atoms with Crippen molar-refractivity contribution < 1.29 is 14.7 Å². The minimum Gasteiger partial charge on any atom is -0.478 e. The maximum Gasteiger partial charge on any atom is 0.336 e. The van der Waals surface area contributed by atoms with Crippen LogP contribution in [0.25, 0.3) is 6.08 Å². The molecule has 0 unspecified atom stereocenters. The molecule has 176 valence electrons. The van der Waals surface area contributed by atoms with E-state index in [4.69, 9.17) is 5.10 Å². The number of nitrogens with zero attached hydrogens (tertiary/aromatic N) is 2. The van der Waals surface area contributed by atoms with E-state index in [2.05, 4.69) is 50.1 Å². The lowest BCUT2D eigenvalue weighted by molar-refractivity contribution is 0.0646. The maximum atomic E-state index is 13.8. The zero-order chi connectivity index (χ0) is 24.5. The van der Waals surface area contributed by atoms with Gasteiger partial charge in [-0.25, -0.2) is 9.80 Å². The molecule has 35 heavy (non-hydrogen) atoms. The van der Waals surface area contributed by atoms with Crippen molar-refractivity contribution in [2.45, 2.75) is 25.3 Å². The van der Waals surface area contributed by atoms with Crippen LogP contribution in [0.1, 0.15) is 57.1 Å². The first-order valence-corrected chi connectivity index (χ1v) is 13.0. The summed E-state index contributed by atoms with van der Waals surface area (Å²) in [6, 6.07) is 22.1. The van der Waals surface area contributed by atoms with Crippen molar-refractivity contribution in [2.24, 2.45) is 11.0 Å². The molecule has 1 fully saturated rings. The zero-order valence-electron chi connectivity index (χ0n) is 18.7. The SMILES string of the molecule is O=C(O)c1ccccc1C(=O)N1N=C2/C(=C\c3ccc(Br)cc3)CCC[C@@H]2[C@H]1c1ccc(Br)cc1. The van der Waals surface area contributed by atoms with Crippen molar-refractivity contribution in [3.63, 3.8) is 0 Å². The van der Waals surface area contributed by atoms with Gasteiger partial charge in [0.2, 0.25) is 0 Å². The molecular formula is C28H22Br2N2O3. The quantitative estimate of drug-likeness (QED) is 0.344. The third kappa shape index (κ3) is 4.75. The minimum atomic E-state index is -1.13. The molecule has 1 N–H and O–H groups in total. The summed E-state index contributed by atoms with van der Waals surface area (Å²) in [4.78, 5) is 25.6. The summed E-state index contributed by atoms with van der Waals surface area (Å²) in [6.07, 6.45) is 4.93. The molecule has 1 amide bonds. The summed E-state index contributed by atoms with van der Waals surface area (Å²) in [5.74, 6) is -1.50. The second-order valence-corrected chi connectivity index (χ2v) is 10.5. The van der Waals surface area contributed by atoms with Gasteiger partial charge < -0.3 is 5.11 Å². The van der Waals surface area contributed by atoms with Gasteiger partial charge in [0.15, 0.2) is 0 Å². The van der Waals surface area contributed by atoms with Crippen LogP contribution < -0.4 is 0 Å². The number of amides is 1. The standard InChI is InChI=1S/C28H22Br2N2O3/c29-20-12-8-17(9-13-20)16-19-4-3-7-24-25(19)31-32(26(24)18-10-14-21(30)15-11-18)27(33)22-5-1-2-6-23(22)28(34)35/h1-2,5-6,8-16,24,26H,3-4,7H2,(H,34,35)/b19-16-/t24-,26+/m0/s1. The summed E-state index contributed by atoms with van der Waals surface area (Å²) in [7, 11) is 0. The van der Waals surface area contributed by atoms with Crippen LogP contribution in [0.15, 0.2) is 92.4 Å². The molecular weight excluding hydrogens is 572 g/mol. The molecule has 1 saturated carbocycles. The van der Waals surface area contributed by atoms with Gasteiger partial charge in [-0.15, -0.1) is 0 Å². The van der Waals surface area contributed by atoms with E-state index >= 15 is 0 Å². The van der Waals surface area contributed by atoms with Gasteiger partial charge in [0.1, 0.15) is 0 Å². The number of hydrazone groups is 1. The molecule has 2 atom stereocenters. The predicted octanol–water partition coefficient (Wildman–Crippen LogP) is 7.35. The van der Waals surface area contributed by atoms with Crippen molar-refractivity contribution in [3.8, 4) is 0 Å². The van der Waals surface area contributed by atoms with E-state index in [9.17, 15) is 14.7 Å². The number of carbonyl (C=O) groups is 2. The highest BCUT2D eigenvalue weighted by Crippen LogP contribution is 2.45. The second kappa shape index (κ2) is 9.91. The van der Waals surface area contributed by atoms with Crippen molar-refractivity contribution >= 4 is 55.5 Å². The fourth-order valence-corrected chi connectivity index (χ4v) is 5.43. The van der Waals surface area contributed by atoms with Gasteiger partial charge in [-0.2, -0.15) is 5.10 Å². The lowest BCUT2D eigenvalue weighted by Gasteiger charge is -2.30. The van der Waals surface area contributed by atoms with E-state index in [-0.39, 0.29) is 23.1 Å². The molecule has 0 saturated heterocycles. The summed E-state index contributed by atoms with van der Waals surface area (Å²) in [5, 5.41) is 16.1. The molecule has 3 aromatic carbocycles. The molecule has 0 radical (unpaired) electrons. The number of carboxylic acid groups (broad SMARTS) is 1. The Balaban J connectivity index is 1.60. The molecule has 0 spiro atoms. The molecule has 1 heterocycles. The largest absolute Gasteiger partial charge is 0.478 e. The molecule has 2 aliphatic rings. The predicted molar refractivity (Wildman–Crippen MR) is 143 cm³/mol. The summed E-state index contributed by atoms with van der Waals surface area (Å²) in [6.45, 7) is 0. The third-order valence-corrected chi connectivity index (χ3v) is 7.58. The van der Waals surface area contributed by atoms with Crippen molar-refractivity contribution in [2.75, 3.05) is 0 Å². The summed E-state index contributed by atoms with van der Waals surface area (Å²) >= 11 is 6.98. The van der Waals surface area contributed by atoms with Crippen molar-refractivity contribution in [1.82, 2.24) is 5.01 Å². The van der Waals surface area contributed by atoms with Crippen LogP contribution in [0.3, 0.4) is 0 Å². The van der Waals surface area contributed by atoms with E-state index in [1.807, 2.05) is 36.4 Å². The van der Waals surface area contributed by atoms with Crippen molar-refractivity contribution in [3.05, 3.63) is 110 Å². The van der Waals surface area contributed by atoms with Crippen molar-refractivity contribution in [1.29, 1.82) is 0 Å². The Bertz CT molecular complexity index is 1350. The van der Waals surface area contributed by atoms with Gasteiger partial charge in [-0.1, -0.05) is 68.3 Å². The Kier molecular flexibility index (Phi) is 6.71. The van der Waals surface area contributed by atoms with Crippen LogP contribution in [0.4, 0.5) is 0 Å². The molecule has 0 bridgehead atoms. The number of aromatic carboxylic acids is 1. The van der Waals surface area contributed by atoms with E-state index < -0.39 is 11.9 Å². The Morgan fingerprint density at radius 1 is 0.914 bits per heavy atom. The molecule has 3 aromatic rings. The van der Waals surface area contributed by atoms with Gasteiger partial charge in [-0.05, 0) is 78.4 Å². The van der Waals surface area contributed by atoms with Gasteiger partial charge in [0.25, 0.3) is 5.91 Å². The van der Waals surface area contributed by atoms with Crippen LogP contribution >= 0.6 is 31.9 Å². The van der Waals surface area contributed by atoms with Gasteiger partial charge in [0, 0.05) is 14.9 Å². The molecule has 5 nitrogen and oxygen atoms in total. The number of hydrogen-bond donors (Lipinski definition) is 1. The molecule has 0 aromatic heterocycles. The number of halogens is 2. The zero-order valence-corrected chi connectivity index (χ0v) is 21.9.